The van der Waals surface area contributed by atoms with Crippen molar-refractivity contribution >= 4 is 23.0 Å². The number of aromatic amines is 1. The highest BCUT2D eigenvalue weighted by Gasteiger charge is 2.35. The lowest BCUT2D eigenvalue weighted by atomic mass is 9.87. The second kappa shape index (κ2) is 8.93. The molecule has 0 spiro atoms. The Morgan fingerprint density at radius 1 is 1.33 bits per heavy atom. The summed E-state index contributed by atoms with van der Waals surface area (Å²) in [6.45, 7) is 5.72. The van der Waals surface area contributed by atoms with Gasteiger partial charge in [0.05, 0.1) is 19.0 Å². The topological polar surface area (TPSA) is 152 Å². The number of nitrogens with one attached hydrogen (secondary N) is 2. The van der Waals surface area contributed by atoms with Gasteiger partial charge in [0, 0.05) is 6.42 Å². The fraction of sp³-hybridized carbons (Fsp3) is 0.455. The van der Waals surface area contributed by atoms with E-state index in [0.717, 1.165) is 5.56 Å². The molecule has 1 amide bonds. The number of amides is 1. The van der Waals surface area contributed by atoms with Gasteiger partial charge in [0.15, 0.2) is 17.8 Å². The number of hydrogen-bond donors (Lipinski definition) is 4. The van der Waals surface area contributed by atoms with Gasteiger partial charge in [0.2, 0.25) is 5.95 Å². The molecule has 3 heterocycles. The monoisotopic (exact) mass is 457 g/mol. The number of aliphatic hydroxyl groups excluding tert-OH is 2. The predicted octanol–water partition coefficient (Wildman–Crippen LogP) is 1.08. The van der Waals surface area contributed by atoms with E-state index in [-0.39, 0.29) is 42.2 Å². The number of hydrogen-bond acceptors (Lipinski definition) is 8. The minimum atomic E-state index is -0.853. The molecule has 2 aromatic heterocycles. The Labute approximate surface area is 189 Å². The van der Waals surface area contributed by atoms with Crippen LogP contribution in [0.3, 0.4) is 0 Å². The average Bonchev–Trinajstić information content (AvgIpc) is 3.35. The highest BCUT2D eigenvalue weighted by atomic mass is 16.5. The van der Waals surface area contributed by atoms with Crippen molar-refractivity contribution in [3.63, 3.8) is 0 Å². The van der Waals surface area contributed by atoms with E-state index in [2.05, 4.69) is 41.0 Å². The zero-order valence-corrected chi connectivity index (χ0v) is 18.6. The molecular formula is C22H27N5O6. The number of carbonyl (C=O) groups excluding carboxylic acids is 1. The quantitative estimate of drug-likeness (QED) is 0.429. The molecular weight excluding hydrogens is 430 g/mol. The minimum Gasteiger partial charge on any atom is -0.484 e. The number of benzene rings is 1. The van der Waals surface area contributed by atoms with Crippen molar-refractivity contribution in [2.45, 2.75) is 51.0 Å². The SMILES string of the molecule is CC(C)(C)c1ccc(OCC(=O)Nc2nc3c(ncn3[C@H]3C[C@H](O)[C@@H](CO)O3)c(=O)[nH]2)cc1. The molecule has 33 heavy (non-hydrogen) atoms. The molecule has 4 rings (SSSR count). The summed E-state index contributed by atoms with van der Waals surface area (Å²) in [7, 11) is 0. The smallest absolute Gasteiger partial charge is 0.280 e. The van der Waals surface area contributed by atoms with Crippen LogP contribution in [0, 0.1) is 0 Å². The van der Waals surface area contributed by atoms with E-state index in [4.69, 9.17) is 9.47 Å². The molecule has 1 aliphatic rings. The zero-order chi connectivity index (χ0) is 23.8. The highest BCUT2D eigenvalue weighted by Crippen LogP contribution is 2.30. The number of ether oxygens (including phenoxy) is 2. The summed E-state index contributed by atoms with van der Waals surface area (Å²) in [6.07, 6.45) is -0.662. The first-order chi connectivity index (χ1) is 15.7. The number of anilines is 1. The molecule has 0 unspecified atom stereocenters. The maximum Gasteiger partial charge on any atom is 0.280 e. The maximum absolute atomic E-state index is 12.4. The molecule has 1 fully saturated rings. The van der Waals surface area contributed by atoms with Crippen molar-refractivity contribution in [3.05, 3.63) is 46.5 Å². The Balaban J connectivity index is 1.45. The summed E-state index contributed by atoms with van der Waals surface area (Å²) in [4.78, 5) is 35.6. The summed E-state index contributed by atoms with van der Waals surface area (Å²) >= 11 is 0. The van der Waals surface area contributed by atoms with Crippen molar-refractivity contribution in [2.24, 2.45) is 0 Å². The molecule has 1 aliphatic heterocycles. The van der Waals surface area contributed by atoms with Crippen molar-refractivity contribution < 1.29 is 24.5 Å². The van der Waals surface area contributed by atoms with Gasteiger partial charge in [0.1, 0.15) is 18.1 Å². The second-order valence-corrected chi connectivity index (χ2v) is 8.96. The van der Waals surface area contributed by atoms with E-state index >= 15 is 0 Å². The van der Waals surface area contributed by atoms with Gasteiger partial charge in [-0.25, -0.2) is 4.98 Å². The molecule has 3 atom stereocenters. The van der Waals surface area contributed by atoms with Crippen LogP contribution in [0.25, 0.3) is 11.2 Å². The number of aromatic nitrogens is 4. The number of nitrogens with zero attached hydrogens (tertiary/aromatic N) is 3. The van der Waals surface area contributed by atoms with E-state index in [1.165, 1.54) is 10.9 Å². The van der Waals surface area contributed by atoms with Crippen LogP contribution in [0.4, 0.5) is 5.95 Å². The molecule has 1 aromatic carbocycles. The number of imidazole rings is 1. The van der Waals surface area contributed by atoms with Gasteiger partial charge in [-0.05, 0) is 23.1 Å². The summed E-state index contributed by atoms with van der Waals surface area (Å²) in [5.41, 5.74) is 0.872. The summed E-state index contributed by atoms with van der Waals surface area (Å²) in [6, 6.07) is 7.50. The van der Waals surface area contributed by atoms with E-state index < -0.39 is 29.9 Å². The van der Waals surface area contributed by atoms with Gasteiger partial charge in [-0.2, -0.15) is 4.98 Å². The molecule has 176 valence electrons. The lowest BCUT2D eigenvalue weighted by Crippen LogP contribution is -2.24. The molecule has 3 aromatic rings. The van der Waals surface area contributed by atoms with Gasteiger partial charge < -0.3 is 19.7 Å². The number of H-pyrrole nitrogens is 1. The molecule has 11 nitrogen and oxygen atoms in total. The first-order valence-electron chi connectivity index (χ1n) is 10.6. The van der Waals surface area contributed by atoms with Crippen LogP contribution < -0.4 is 15.6 Å². The average molecular weight is 457 g/mol. The van der Waals surface area contributed by atoms with E-state index in [1.807, 2.05) is 12.1 Å². The van der Waals surface area contributed by atoms with E-state index in [1.54, 1.807) is 12.1 Å². The first kappa shape index (κ1) is 22.9. The third kappa shape index (κ3) is 4.90. The van der Waals surface area contributed by atoms with E-state index in [9.17, 15) is 19.8 Å². The highest BCUT2D eigenvalue weighted by molar-refractivity contribution is 5.90. The molecule has 4 N–H and O–H groups in total. The van der Waals surface area contributed by atoms with Gasteiger partial charge in [-0.1, -0.05) is 32.9 Å². The maximum atomic E-state index is 12.4. The second-order valence-electron chi connectivity index (χ2n) is 8.96. The molecule has 0 saturated carbocycles. The Kier molecular flexibility index (Phi) is 6.19. The van der Waals surface area contributed by atoms with Crippen LogP contribution in [0.5, 0.6) is 5.75 Å². The fourth-order valence-corrected chi connectivity index (χ4v) is 3.61. The van der Waals surface area contributed by atoms with Crippen LogP contribution in [0.15, 0.2) is 35.4 Å². The van der Waals surface area contributed by atoms with Crippen LogP contribution in [0.1, 0.15) is 39.0 Å². The number of aliphatic hydroxyl groups is 2. The molecule has 11 heteroatoms. The minimum absolute atomic E-state index is 0.0131. The van der Waals surface area contributed by atoms with Gasteiger partial charge >= 0.3 is 0 Å². The normalized spacial score (nSPS) is 20.8. The summed E-state index contributed by atoms with van der Waals surface area (Å²) < 4.78 is 12.6. The predicted molar refractivity (Wildman–Crippen MR) is 119 cm³/mol. The van der Waals surface area contributed by atoms with Crippen LogP contribution in [0.2, 0.25) is 0 Å². The molecule has 0 bridgehead atoms. The fourth-order valence-electron chi connectivity index (χ4n) is 3.61. The van der Waals surface area contributed by atoms with Crippen molar-refractivity contribution in [1.82, 2.24) is 19.5 Å². The first-order valence-corrected chi connectivity index (χ1v) is 10.6. The van der Waals surface area contributed by atoms with Gasteiger partial charge in [-0.3, -0.25) is 24.5 Å². The third-order valence-electron chi connectivity index (χ3n) is 5.47. The van der Waals surface area contributed by atoms with Crippen molar-refractivity contribution in [1.29, 1.82) is 0 Å². The largest absolute Gasteiger partial charge is 0.484 e. The standard InChI is InChI=1S/C22H27N5O6/c1-22(2,3)12-4-6-13(7-5-12)32-10-16(30)24-21-25-19-18(20(31)26-21)23-11-27(19)17-8-14(29)15(9-28)33-17/h4-7,11,14-15,17,28-29H,8-10H2,1-3H3,(H2,24,25,26,30,31)/t14-,15+,17+/m0/s1. The molecule has 0 aliphatic carbocycles. The number of rotatable bonds is 6. The third-order valence-corrected chi connectivity index (χ3v) is 5.47. The van der Waals surface area contributed by atoms with Crippen molar-refractivity contribution in [2.75, 3.05) is 18.5 Å². The van der Waals surface area contributed by atoms with E-state index in [0.29, 0.717) is 5.75 Å². The lowest BCUT2D eigenvalue weighted by Gasteiger charge is -2.19. The summed E-state index contributed by atoms with van der Waals surface area (Å²) in [5.74, 6) is -0.0250. The van der Waals surface area contributed by atoms with Gasteiger partial charge in [-0.15, -0.1) is 0 Å². The Bertz CT molecular complexity index is 1200. The Hall–Kier alpha value is -3.28. The zero-order valence-electron chi connectivity index (χ0n) is 18.6. The molecule has 1 saturated heterocycles. The molecule has 0 radical (unpaired) electrons. The summed E-state index contributed by atoms with van der Waals surface area (Å²) in [5, 5.41) is 21.8. The lowest BCUT2D eigenvalue weighted by molar-refractivity contribution is -0.118. The number of fused-ring (bicyclic) bond motifs is 1. The Morgan fingerprint density at radius 2 is 2.06 bits per heavy atom. The number of carbonyl (C=O) groups is 1. The Morgan fingerprint density at radius 3 is 2.70 bits per heavy atom. The van der Waals surface area contributed by atoms with Gasteiger partial charge in [0.25, 0.3) is 11.5 Å². The van der Waals surface area contributed by atoms with Crippen LogP contribution in [-0.4, -0.2) is 61.1 Å². The van der Waals surface area contributed by atoms with Crippen molar-refractivity contribution in [3.8, 4) is 5.75 Å². The van der Waals surface area contributed by atoms with Crippen LogP contribution in [-0.2, 0) is 14.9 Å². The van der Waals surface area contributed by atoms with Crippen LogP contribution >= 0.6 is 0 Å².